The summed E-state index contributed by atoms with van der Waals surface area (Å²) in [6, 6.07) is 6.61. The van der Waals surface area contributed by atoms with Crippen LogP contribution in [0.3, 0.4) is 0 Å². The first-order chi connectivity index (χ1) is 11.4. The first-order valence-electron chi connectivity index (χ1n) is 6.99. The number of halogens is 1. The number of fused-ring (bicyclic) bond motifs is 1. The summed E-state index contributed by atoms with van der Waals surface area (Å²) in [7, 11) is -3.55. The van der Waals surface area contributed by atoms with E-state index >= 15 is 0 Å². The molecule has 0 aliphatic carbocycles. The van der Waals surface area contributed by atoms with Crippen LogP contribution in [0.4, 0.5) is 0 Å². The normalized spacial score (nSPS) is 17.0. The smallest absolute Gasteiger partial charge is 0.263 e. The zero-order valence-electron chi connectivity index (χ0n) is 12.8. The molecule has 126 valence electrons. The number of nitrogens with one attached hydrogen (secondary N) is 2. The minimum Gasteiger partial charge on any atom is -0.350 e. The van der Waals surface area contributed by atoms with E-state index in [2.05, 4.69) is 44.1 Å². The lowest BCUT2D eigenvalue weighted by atomic mass is 10.2. The SMILES string of the molecule is C=C/C=C(\C(=C)Br)C(=O)NCCN=C1NS(=O)(=O)c2ccccc21. The van der Waals surface area contributed by atoms with E-state index in [0.717, 1.165) is 0 Å². The fourth-order valence-corrected chi connectivity index (χ4v) is 3.65. The van der Waals surface area contributed by atoms with Gasteiger partial charge >= 0.3 is 0 Å². The quantitative estimate of drug-likeness (QED) is 0.427. The summed E-state index contributed by atoms with van der Waals surface area (Å²) in [5.41, 5.74) is 0.898. The molecule has 0 unspecified atom stereocenters. The van der Waals surface area contributed by atoms with Gasteiger partial charge < -0.3 is 5.32 Å². The molecule has 6 nitrogen and oxygen atoms in total. The highest BCUT2D eigenvalue weighted by Crippen LogP contribution is 2.22. The van der Waals surface area contributed by atoms with Crippen molar-refractivity contribution in [1.29, 1.82) is 0 Å². The highest BCUT2D eigenvalue weighted by Gasteiger charge is 2.29. The predicted molar refractivity (Wildman–Crippen MR) is 97.5 cm³/mol. The molecule has 1 aliphatic heterocycles. The topological polar surface area (TPSA) is 87.6 Å². The number of hydrogen-bond donors (Lipinski definition) is 2. The molecule has 1 amide bonds. The van der Waals surface area contributed by atoms with Crippen molar-refractivity contribution in [3.05, 3.63) is 65.2 Å². The van der Waals surface area contributed by atoms with Crippen molar-refractivity contribution in [3.63, 3.8) is 0 Å². The second-order valence-corrected chi connectivity index (χ2v) is 7.42. The van der Waals surface area contributed by atoms with E-state index in [0.29, 0.717) is 15.6 Å². The fourth-order valence-electron chi connectivity index (χ4n) is 2.09. The third-order valence-electron chi connectivity index (χ3n) is 3.15. The number of nitrogens with zero attached hydrogens (tertiary/aromatic N) is 1. The molecule has 0 aromatic heterocycles. The molecule has 1 aromatic carbocycles. The molecule has 0 saturated heterocycles. The van der Waals surface area contributed by atoms with Crippen LogP contribution in [0, 0.1) is 0 Å². The lowest BCUT2D eigenvalue weighted by Crippen LogP contribution is -2.29. The van der Waals surface area contributed by atoms with Gasteiger partial charge in [-0.3, -0.25) is 14.5 Å². The minimum absolute atomic E-state index is 0.208. The number of amides is 1. The van der Waals surface area contributed by atoms with Crippen molar-refractivity contribution in [2.45, 2.75) is 4.90 Å². The lowest BCUT2D eigenvalue weighted by molar-refractivity contribution is -0.117. The van der Waals surface area contributed by atoms with Crippen molar-refractivity contribution in [1.82, 2.24) is 10.0 Å². The van der Waals surface area contributed by atoms with Gasteiger partial charge in [0.25, 0.3) is 15.9 Å². The number of rotatable bonds is 6. The van der Waals surface area contributed by atoms with Crippen LogP contribution < -0.4 is 10.0 Å². The van der Waals surface area contributed by atoms with Gasteiger partial charge in [0.2, 0.25) is 0 Å². The molecule has 1 aliphatic rings. The van der Waals surface area contributed by atoms with E-state index in [4.69, 9.17) is 0 Å². The highest BCUT2D eigenvalue weighted by atomic mass is 79.9. The molecule has 0 bridgehead atoms. The van der Waals surface area contributed by atoms with Gasteiger partial charge in [-0.05, 0) is 18.2 Å². The molecule has 0 atom stereocenters. The summed E-state index contributed by atoms with van der Waals surface area (Å²) >= 11 is 3.16. The molecule has 1 aromatic rings. The number of amidine groups is 1. The summed E-state index contributed by atoms with van der Waals surface area (Å²) < 4.78 is 26.8. The Morgan fingerprint density at radius 2 is 2.08 bits per heavy atom. The maximum Gasteiger partial charge on any atom is 0.263 e. The number of carbonyl (C=O) groups excluding carboxylic acids is 1. The average Bonchev–Trinajstić information content (AvgIpc) is 2.80. The largest absolute Gasteiger partial charge is 0.350 e. The fraction of sp³-hybridized carbons (Fsp3) is 0.125. The third-order valence-corrected chi connectivity index (χ3v) is 4.98. The van der Waals surface area contributed by atoms with E-state index in [1.807, 2.05) is 0 Å². The second-order valence-electron chi connectivity index (χ2n) is 4.81. The summed E-state index contributed by atoms with van der Waals surface area (Å²) in [5, 5.41) is 2.69. The zero-order valence-corrected chi connectivity index (χ0v) is 15.2. The van der Waals surface area contributed by atoms with Crippen LogP contribution in [-0.4, -0.2) is 33.3 Å². The molecule has 0 fully saturated rings. The molecule has 24 heavy (non-hydrogen) atoms. The number of allylic oxidation sites excluding steroid dienone is 2. The van der Waals surface area contributed by atoms with Crippen molar-refractivity contribution >= 4 is 37.7 Å². The highest BCUT2D eigenvalue weighted by molar-refractivity contribution is 9.12. The van der Waals surface area contributed by atoms with Crippen LogP contribution in [-0.2, 0) is 14.8 Å². The van der Waals surface area contributed by atoms with Crippen LogP contribution in [0.25, 0.3) is 0 Å². The van der Waals surface area contributed by atoms with Gasteiger partial charge in [0.15, 0.2) is 0 Å². The maximum absolute atomic E-state index is 12.0. The van der Waals surface area contributed by atoms with Crippen LogP contribution in [0.15, 0.2) is 69.5 Å². The number of carbonyl (C=O) groups is 1. The molecule has 0 saturated carbocycles. The van der Waals surface area contributed by atoms with Crippen LogP contribution >= 0.6 is 15.9 Å². The van der Waals surface area contributed by atoms with Crippen LogP contribution in [0.1, 0.15) is 5.56 Å². The van der Waals surface area contributed by atoms with Gasteiger partial charge in [0.05, 0.1) is 17.0 Å². The summed E-state index contributed by atoms with van der Waals surface area (Å²) in [5.74, 6) is -0.0315. The van der Waals surface area contributed by atoms with Crippen molar-refractivity contribution in [3.8, 4) is 0 Å². The lowest BCUT2D eigenvalue weighted by Gasteiger charge is -2.06. The molecule has 0 spiro atoms. The molecular formula is C16H16BrN3O3S. The Hall–Kier alpha value is -2.19. The number of sulfonamides is 1. The summed E-state index contributed by atoms with van der Waals surface area (Å²) in [6.07, 6.45) is 3.03. The predicted octanol–water partition coefficient (Wildman–Crippen LogP) is 1.86. The van der Waals surface area contributed by atoms with Crippen molar-refractivity contribution < 1.29 is 13.2 Å². The Balaban J connectivity index is 2.01. The maximum atomic E-state index is 12.0. The van der Waals surface area contributed by atoms with Gasteiger partial charge in [-0.25, -0.2) is 8.42 Å². The number of benzene rings is 1. The Bertz CT molecular complexity index is 857. The third kappa shape index (κ3) is 4.01. The Labute approximate surface area is 149 Å². The first kappa shape index (κ1) is 18.2. The van der Waals surface area contributed by atoms with Gasteiger partial charge in [0.1, 0.15) is 5.84 Å². The molecule has 1 heterocycles. The average molecular weight is 410 g/mol. The van der Waals surface area contributed by atoms with E-state index < -0.39 is 10.0 Å². The number of hydrogen-bond acceptors (Lipinski definition) is 4. The Morgan fingerprint density at radius 3 is 2.75 bits per heavy atom. The second kappa shape index (κ2) is 7.59. The monoisotopic (exact) mass is 409 g/mol. The van der Waals surface area contributed by atoms with Gasteiger partial charge in [0, 0.05) is 16.6 Å². The van der Waals surface area contributed by atoms with Crippen molar-refractivity contribution in [2.24, 2.45) is 4.99 Å². The molecule has 2 rings (SSSR count). The number of aliphatic imine (C=N–C) groups is 1. The molecular weight excluding hydrogens is 394 g/mol. The van der Waals surface area contributed by atoms with Gasteiger partial charge in [-0.2, -0.15) is 0 Å². The van der Waals surface area contributed by atoms with Gasteiger partial charge in [-0.15, -0.1) is 0 Å². The molecule has 2 N–H and O–H groups in total. The van der Waals surface area contributed by atoms with Gasteiger partial charge in [-0.1, -0.05) is 47.3 Å². The first-order valence-corrected chi connectivity index (χ1v) is 9.27. The summed E-state index contributed by atoms with van der Waals surface area (Å²) in [4.78, 5) is 16.4. The van der Waals surface area contributed by atoms with Crippen molar-refractivity contribution in [2.75, 3.05) is 13.1 Å². The molecule has 8 heteroatoms. The van der Waals surface area contributed by atoms with E-state index in [1.165, 1.54) is 12.1 Å². The Kier molecular flexibility index (Phi) is 5.74. The minimum atomic E-state index is -3.55. The van der Waals surface area contributed by atoms with Crippen LogP contribution in [0.5, 0.6) is 0 Å². The van der Waals surface area contributed by atoms with E-state index in [-0.39, 0.29) is 29.7 Å². The Morgan fingerprint density at radius 1 is 1.38 bits per heavy atom. The van der Waals surface area contributed by atoms with E-state index in [1.54, 1.807) is 24.3 Å². The molecule has 0 radical (unpaired) electrons. The zero-order chi connectivity index (χ0) is 17.7. The van der Waals surface area contributed by atoms with E-state index in [9.17, 15) is 13.2 Å². The summed E-state index contributed by atoms with van der Waals surface area (Å²) in [6.45, 7) is 7.69. The standard InChI is InChI=1S/C16H16BrN3O3S/c1-3-6-12(11(2)17)16(21)19-10-9-18-15-13-7-4-5-8-14(13)24(22,23)20-15/h3-8H,1-2,9-10H2,(H,18,20)(H,19,21)/b12-6+. The van der Waals surface area contributed by atoms with Crippen LogP contribution in [0.2, 0.25) is 0 Å².